The third-order valence-corrected chi connectivity index (χ3v) is 8.24. The van der Waals surface area contributed by atoms with Crippen LogP contribution >= 0.6 is 0 Å². The number of fused-ring (bicyclic) bond motifs is 4. The Balaban J connectivity index is 1.58. The van der Waals surface area contributed by atoms with Gasteiger partial charge in [0.2, 0.25) is 0 Å². The second-order valence-electron chi connectivity index (χ2n) is 10.5. The van der Waals surface area contributed by atoms with Gasteiger partial charge in [0, 0.05) is 16.3 Å². The lowest BCUT2D eigenvalue weighted by atomic mass is 9.73. The van der Waals surface area contributed by atoms with Crippen molar-refractivity contribution in [3.8, 4) is 0 Å². The van der Waals surface area contributed by atoms with Crippen molar-refractivity contribution >= 4 is 38.4 Å². The average molecular weight is 519 g/mol. The lowest BCUT2D eigenvalue weighted by Crippen LogP contribution is -2.18. The van der Waals surface area contributed by atoms with Crippen LogP contribution < -0.4 is 10.4 Å². The summed E-state index contributed by atoms with van der Waals surface area (Å²) in [5.41, 5.74) is 12.5. The highest BCUT2D eigenvalue weighted by Crippen LogP contribution is 2.44. The van der Waals surface area contributed by atoms with Gasteiger partial charge in [-0.15, -0.1) is 5.57 Å². The van der Waals surface area contributed by atoms with E-state index in [0.717, 1.165) is 10.8 Å². The maximum Gasteiger partial charge on any atom is 0.0808 e. The van der Waals surface area contributed by atoms with E-state index in [1.54, 1.807) is 0 Å². The van der Waals surface area contributed by atoms with Gasteiger partial charge in [0.05, 0.1) is 28.2 Å². The van der Waals surface area contributed by atoms with E-state index >= 15 is 0 Å². The Kier molecular flexibility index (Phi) is 5.52. The maximum absolute atomic E-state index is 4.03. The first-order valence-electron chi connectivity index (χ1n) is 14.1. The third kappa shape index (κ3) is 3.78. The molecular weight excluding hydrogens is 492 g/mol. The Hall–Kier alpha value is -5.42. The Morgan fingerprint density at radius 1 is 0.488 bits per heavy atom. The number of hydrogen-bond donors (Lipinski definition) is 0. The Labute approximate surface area is 240 Å². The zero-order chi connectivity index (χ0) is 27.2. The van der Waals surface area contributed by atoms with Crippen LogP contribution in [-0.2, 0) is 0 Å². The monoisotopic (exact) mass is 518 g/mol. The van der Waals surface area contributed by atoms with Crippen molar-refractivity contribution in [2.45, 2.75) is 0 Å². The molecule has 0 heterocycles. The highest BCUT2D eigenvalue weighted by Gasteiger charge is 2.35. The molecule has 0 heteroatoms. The molecule has 6 aromatic carbocycles. The predicted octanol–water partition coefficient (Wildman–Crippen LogP) is 8.32. The molecule has 0 aliphatic heterocycles. The number of hydrogen-bond acceptors (Lipinski definition) is 0. The van der Waals surface area contributed by atoms with Crippen LogP contribution in [0.25, 0.3) is 38.4 Å². The molecule has 8 rings (SSSR count). The van der Waals surface area contributed by atoms with Crippen LogP contribution in [0, 0.1) is 12.3 Å². The molecule has 0 aromatic heterocycles. The highest BCUT2D eigenvalue weighted by molar-refractivity contribution is 6.05. The van der Waals surface area contributed by atoms with E-state index in [4.69, 9.17) is 0 Å². The quantitative estimate of drug-likeness (QED) is 0.151. The minimum atomic E-state index is 1.14. The van der Waals surface area contributed by atoms with Crippen molar-refractivity contribution in [2.75, 3.05) is 0 Å². The van der Waals surface area contributed by atoms with Gasteiger partial charge in [0.15, 0.2) is 0 Å². The molecule has 0 atom stereocenters. The van der Waals surface area contributed by atoms with Crippen LogP contribution in [0.15, 0.2) is 152 Å². The van der Waals surface area contributed by atoms with Crippen LogP contribution in [0.2, 0.25) is 0 Å². The number of rotatable bonds is 1. The highest BCUT2D eigenvalue weighted by atomic mass is 14.3. The predicted molar refractivity (Wildman–Crippen MR) is 172 cm³/mol. The minimum Gasteiger partial charge on any atom is -0.172 e. The topological polar surface area (TPSA) is 0 Å². The molecule has 0 spiro atoms. The maximum atomic E-state index is 4.03. The molecule has 41 heavy (non-hydrogen) atoms. The smallest absolute Gasteiger partial charge is 0.0808 e. The van der Waals surface area contributed by atoms with E-state index in [9.17, 15) is 0 Å². The third-order valence-electron chi connectivity index (χ3n) is 8.24. The molecule has 0 saturated heterocycles. The Morgan fingerprint density at radius 3 is 1.56 bits per heavy atom. The molecule has 0 nitrogen and oxygen atoms in total. The molecule has 0 bridgehead atoms. The van der Waals surface area contributed by atoms with Crippen LogP contribution in [0.5, 0.6) is 0 Å². The standard InChI is InChI=1S/C41H26/c1-3-15-28(16-4-1)40-34-23-11-7-19-30(34)38(31-20-8-12-24-35(31)40)27-39-32-21-9-13-25-36(32)41(29-17-5-2-6-18-29)37-26-14-10-22-33(37)39/h1-26H. The van der Waals surface area contributed by atoms with Crippen molar-refractivity contribution < 1.29 is 0 Å². The first kappa shape index (κ1) is 23.5. The fraction of sp³-hybridized carbons (Fsp3) is 0. The first-order valence-corrected chi connectivity index (χ1v) is 14.1. The van der Waals surface area contributed by atoms with Crippen LogP contribution in [0.1, 0.15) is 27.8 Å². The molecule has 0 radical (unpaired) electrons. The summed E-state index contributed by atoms with van der Waals surface area (Å²) in [5, 5.41) is 7.33. The summed E-state index contributed by atoms with van der Waals surface area (Å²) in [4.78, 5) is 0. The molecule has 0 unspecified atom stereocenters. The Bertz CT molecular complexity index is 2080. The number of benzene rings is 6. The molecule has 0 N–H and O–H groups in total. The van der Waals surface area contributed by atoms with Crippen molar-refractivity contribution in [1.29, 1.82) is 0 Å². The normalized spacial score (nSPS) is 13.6. The van der Waals surface area contributed by atoms with Gasteiger partial charge in [-0.05, 0) is 87.4 Å². The van der Waals surface area contributed by atoms with E-state index in [1.807, 2.05) is 0 Å². The zero-order valence-electron chi connectivity index (χ0n) is 22.5. The summed E-state index contributed by atoms with van der Waals surface area (Å²) in [6.45, 7) is 0. The van der Waals surface area contributed by atoms with Gasteiger partial charge in [0.25, 0.3) is 0 Å². The van der Waals surface area contributed by atoms with E-state index < -0.39 is 0 Å². The van der Waals surface area contributed by atoms with Crippen molar-refractivity contribution in [3.05, 3.63) is 202 Å². The molecule has 190 valence electrons. The molecular formula is C41H26. The van der Waals surface area contributed by atoms with Gasteiger partial charge in [-0.1, -0.05) is 72.5 Å². The van der Waals surface area contributed by atoms with Gasteiger partial charge >= 0.3 is 0 Å². The lowest BCUT2D eigenvalue weighted by molar-refractivity contribution is 1.18. The SMILES string of the molecule is C(=C1c2ccccc2[C+](c2ccccc2)c2ccccc21)=c1c2ccccc2c(=C2C=C[CH-]C=C2)c2ccccc12. The fourth-order valence-electron chi connectivity index (χ4n) is 6.48. The summed E-state index contributed by atoms with van der Waals surface area (Å²) in [7, 11) is 0. The summed E-state index contributed by atoms with van der Waals surface area (Å²) in [6.07, 6.45) is 10.8. The van der Waals surface area contributed by atoms with Crippen molar-refractivity contribution in [1.82, 2.24) is 0 Å². The van der Waals surface area contributed by atoms with Crippen LogP contribution in [-0.4, -0.2) is 0 Å². The van der Waals surface area contributed by atoms with Crippen LogP contribution in [0.3, 0.4) is 0 Å². The zero-order valence-corrected chi connectivity index (χ0v) is 22.5. The van der Waals surface area contributed by atoms with Gasteiger partial charge in [0.1, 0.15) is 0 Å². The largest absolute Gasteiger partial charge is 0.172 e. The molecule has 2 aliphatic rings. The molecule has 0 fully saturated rings. The van der Waals surface area contributed by atoms with E-state index in [0.29, 0.717) is 0 Å². The second-order valence-corrected chi connectivity index (χ2v) is 10.5. The van der Waals surface area contributed by atoms with Crippen molar-refractivity contribution in [3.63, 3.8) is 0 Å². The van der Waals surface area contributed by atoms with Gasteiger partial charge in [-0.25, -0.2) is 0 Å². The summed E-state index contributed by atoms with van der Waals surface area (Å²) in [5.74, 6) is 1.27. The number of allylic oxidation sites excluding steroid dienone is 4. The molecule has 0 saturated carbocycles. The summed E-state index contributed by atoms with van der Waals surface area (Å²) in [6, 6.07) is 45.9. The summed E-state index contributed by atoms with van der Waals surface area (Å²) >= 11 is 0. The first-order chi connectivity index (χ1) is 20.4. The van der Waals surface area contributed by atoms with E-state index in [2.05, 4.69) is 164 Å². The Morgan fingerprint density at radius 2 is 0.976 bits per heavy atom. The van der Waals surface area contributed by atoms with E-state index in [1.165, 1.54) is 66.1 Å². The second kappa shape index (κ2) is 9.65. The van der Waals surface area contributed by atoms with Crippen LogP contribution in [0.4, 0.5) is 0 Å². The van der Waals surface area contributed by atoms with E-state index in [-0.39, 0.29) is 0 Å². The fourth-order valence-corrected chi connectivity index (χ4v) is 6.48. The molecule has 0 amide bonds. The molecule has 2 aliphatic carbocycles. The minimum absolute atomic E-state index is 1.14. The average Bonchev–Trinajstić information content (AvgIpc) is 3.05. The van der Waals surface area contributed by atoms with Gasteiger partial charge in [-0.2, -0.15) is 30.7 Å². The van der Waals surface area contributed by atoms with Gasteiger partial charge in [-0.3, -0.25) is 0 Å². The van der Waals surface area contributed by atoms with Gasteiger partial charge < -0.3 is 0 Å². The van der Waals surface area contributed by atoms with Crippen molar-refractivity contribution in [2.24, 2.45) is 0 Å². The molecule has 6 aromatic rings. The summed E-state index contributed by atoms with van der Waals surface area (Å²) < 4.78 is 0. The lowest BCUT2D eigenvalue weighted by Gasteiger charge is -2.24.